The summed E-state index contributed by atoms with van der Waals surface area (Å²) in [5.74, 6) is 0. The first-order chi connectivity index (χ1) is 19.6. The molecule has 0 N–H and O–H groups in total. The highest BCUT2D eigenvalue weighted by atomic mass is 16.7. The number of amides is 2. The largest absolute Gasteiger partial charge is 0.452 e. The number of carbonyl (C=O) groups is 2. The van der Waals surface area contributed by atoms with E-state index in [-0.39, 0.29) is 46.6 Å². The summed E-state index contributed by atoms with van der Waals surface area (Å²) in [6, 6.07) is 0. The lowest BCUT2D eigenvalue weighted by atomic mass is 9.80. The van der Waals surface area contributed by atoms with E-state index in [9.17, 15) is 9.59 Å². The van der Waals surface area contributed by atoms with Crippen LogP contribution in [0.15, 0.2) is 10.2 Å². The van der Waals surface area contributed by atoms with E-state index < -0.39 is 12.2 Å². The third kappa shape index (κ3) is 8.51. The van der Waals surface area contributed by atoms with Gasteiger partial charge in [0.25, 0.3) is 0 Å². The van der Waals surface area contributed by atoms with Crippen LogP contribution in [0.3, 0.4) is 0 Å². The van der Waals surface area contributed by atoms with Crippen molar-refractivity contribution in [3.8, 4) is 0 Å². The van der Waals surface area contributed by atoms with Gasteiger partial charge in [-0.1, -0.05) is 48.8 Å². The predicted molar refractivity (Wildman–Crippen MR) is 160 cm³/mol. The maximum atomic E-state index is 12.6. The molecule has 4 rings (SSSR count). The molecule has 240 valence electrons. The topological polar surface area (TPSA) is 102 Å². The van der Waals surface area contributed by atoms with Gasteiger partial charge >= 0.3 is 12.2 Å². The fourth-order valence-electron chi connectivity index (χ4n) is 8.13. The number of carbonyl (C=O) groups excluding carboxylic acids is 2. The molecule has 4 fully saturated rings. The van der Waals surface area contributed by atoms with E-state index in [1.165, 1.54) is 38.5 Å². The summed E-state index contributed by atoms with van der Waals surface area (Å²) in [5, 5.41) is 11.4. The van der Waals surface area contributed by atoms with Crippen LogP contribution in [0, 0.1) is 0 Å². The Hall–Kier alpha value is -1.62. The van der Waals surface area contributed by atoms with Crippen LogP contribution < -0.4 is 0 Å². The second kappa shape index (κ2) is 13.2. The summed E-state index contributed by atoms with van der Waals surface area (Å²) < 4.78 is 11.4. The van der Waals surface area contributed by atoms with Crippen LogP contribution in [0.5, 0.6) is 0 Å². The van der Waals surface area contributed by atoms with Crippen molar-refractivity contribution in [2.24, 2.45) is 10.2 Å². The lowest BCUT2D eigenvalue weighted by Crippen LogP contribution is -2.63. The SMILES string of the molecule is CC1(C)CC(OC(=O)/N=N/C(=O)OC2CC(C)(C)N(OC3CCCCC3)C(C)(C)C2)CC(C)(C)N1OC1CCCCC1. The van der Waals surface area contributed by atoms with E-state index in [1.54, 1.807) is 0 Å². The van der Waals surface area contributed by atoms with E-state index in [0.29, 0.717) is 25.7 Å². The molecule has 2 saturated carbocycles. The highest BCUT2D eigenvalue weighted by Gasteiger charge is 2.50. The van der Waals surface area contributed by atoms with Gasteiger partial charge in [-0.3, -0.25) is 9.68 Å². The first-order valence-corrected chi connectivity index (χ1v) is 16.3. The molecule has 0 aromatic rings. The van der Waals surface area contributed by atoms with Crippen LogP contribution in [0.1, 0.15) is 145 Å². The molecular formula is C32H56N4O6. The molecule has 10 nitrogen and oxygen atoms in total. The standard InChI is InChI=1S/C32H56N4O6/c1-29(2)19-25(20-30(3,4)35(29)41-23-15-11-9-12-16-23)39-27(37)33-34-28(38)40-26-21-31(5,6)36(32(7,8)22-26)42-24-17-13-10-14-18-24/h23-26H,9-22H2,1-8H3/b34-33+. The minimum atomic E-state index is -0.874. The quantitative estimate of drug-likeness (QED) is 0.284. The Morgan fingerprint density at radius 3 is 1.07 bits per heavy atom. The fourth-order valence-corrected chi connectivity index (χ4v) is 8.13. The van der Waals surface area contributed by atoms with Gasteiger partial charge in [0, 0.05) is 47.8 Å². The molecular weight excluding hydrogens is 536 g/mol. The molecule has 2 aliphatic carbocycles. The van der Waals surface area contributed by atoms with E-state index in [1.807, 2.05) is 0 Å². The Balaban J connectivity index is 1.28. The van der Waals surface area contributed by atoms with Gasteiger partial charge in [0.15, 0.2) is 0 Å². The zero-order valence-corrected chi connectivity index (χ0v) is 27.4. The van der Waals surface area contributed by atoms with Crippen molar-refractivity contribution in [1.82, 2.24) is 10.1 Å². The van der Waals surface area contributed by atoms with Gasteiger partial charge in [-0.15, -0.1) is 0 Å². The minimum Gasteiger partial charge on any atom is -0.443 e. The fraction of sp³-hybridized carbons (Fsp3) is 0.938. The lowest BCUT2D eigenvalue weighted by Gasteiger charge is -2.54. The van der Waals surface area contributed by atoms with Crippen LogP contribution in [-0.4, -0.2) is 68.9 Å². The molecule has 2 amide bonds. The summed E-state index contributed by atoms with van der Waals surface area (Å²) in [6.07, 6.45) is 12.1. The minimum absolute atomic E-state index is 0.240. The molecule has 0 atom stereocenters. The number of hydrogen-bond acceptors (Lipinski definition) is 8. The van der Waals surface area contributed by atoms with Gasteiger partial charge in [0.2, 0.25) is 0 Å². The molecule has 42 heavy (non-hydrogen) atoms. The molecule has 2 saturated heterocycles. The molecule has 4 aliphatic rings. The maximum Gasteiger partial charge on any atom is 0.452 e. The molecule has 0 radical (unpaired) electrons. The zero-order chi connectivity index (χ0) is 30.8. The Morgan fingerprint density at radius 2 is 0.786 bits per heavy atom. The number of azo groups is 1. The summed E-state index contributed by atoms with van der Waals surface area (Å²) >= 11 is 0. The van der Waals surface area contributed by atoms with E-state index in [0.717, 1.165) is 25.7 Å². The zero-order valence-electron chi connectivity index (χ0n) is 27.4. The molecule has 2 heterocycles. The number of piperidine rings is 2. The highest BCUT2D eigenvalue weighted by Crippen LogP contribution is 2.43. The van der Waals surface area contributed by atoms with Gasteiger partial charge in [0.1, 0.15) is 12.2 Å². The van der Waals surface area contributed by atoms with E-state index in [4.69, 9.17) is 19.1 Å². The van der Waals surface area contributed by atoms with Crippen molar-refractivity contribution in [1.29, 1.82) is 0 Å². The number of ether oxygens (including phenoxy) is 2. The Morgan fingerprint density at radius 1 is 0.500 bits per heavy atom. The van der Waals surface area contributed by atoms with Crippen LogP contribution in [0.2, 0.25) is 0 Å². The van der Waals surface area contributed by atoms with Crippen molar-refractivity contribution in [2.45, 2.75) is 192 Å². The number of nitrogens with zero attached hydrogens (tertiary/aromatic N) is 4. The molecule has 10 heteroatoms. The highest BCUT2D eigenvalue weighted by molar-refractivity contribution is 5.73. The van der Waals surface area contributed by atoms with Crippen molar-refractivity contribution in [2.75, 3.05) is 0 Å². The maximum absolute atomic E-state index is 12.6. The van der Waals surface area contributed by atoms with Crippen molar-refractivity contribution in [3.05, 3.63) is 0 Å². The number of hydrogen-bond donors (Lipinski definition) is 0. The number of hydroxylamine groups is 4. The molecule has 0 aromatic carbocycles. The summed E-state index contributed by atoms with van der Waals surface area (Å²) in [7, 11) is 0. The van der Waals surface area contributed by atoms with Crippen molar-refractivity contribution < 1.29 is 28.7 Å². The molecule has 0 unspecified atom stereocenters. The number of rotatable bonds is 6. The van der Waals surface area contributed by atoms with Crippen LogP contribution >= 0.6 is 0 Å². The summed E-state index contributed by atoms with van der Waals surface area (Å²) in [4.78, 5) is 38.3. The molecule has 0 bridgehead atoms. The normalized spacial score (nSPS) is 28.1. The average Bonchev–Trinajstić information content (AvgIpc) is 2.87. The second-order valence-electron chi connectivity index (χ2n) is 15.6. The third-order valence-corrected chi connectivity index (χ3v) is 9.47. The Kier molecular flexibility index (Phi) is 10.4. The van der Waals surface area contributed by atoms with Crippen LogP contribution in [0.4, 0.5) is 9.59 Å². The van der Waals surface area contributed by atoms with Gasteiger partial charge in [-0.05, 0) is 81.1 Å². The predicted octanol–water partition coefficient (Wildman–Crippen LogP) is 8.28. The van der Waals surface area contributed by atoms with Crippen LogP contribution in [0.25, 0.3) is 0 Å². The van der Waals surface area contributed by atoms with Crippen molar-refractivity contribution >= 4 is 12.2 Å². The van der Waals surface area contributed by atoms with Gasteiger partial charge < -0.3 is 9.47 Å². The third-order valence-electron chi connectivity index (χ3n) is 9.47. The van der Waals surface area contributed by atoms with Crippen molar-refractivity contribution in [3.63, 3.8) is 0 Å². The first-order valence-electron chi connectivity index (χ1n) is 16.3. The van der Waals surface area contributed by atoms with Gasteiger partial charge in [-0.2, -0.15) is 10.1 Å². The van der Waals surface area contributed by atoms with E-state index in [2.05, 4.69) is 75.7 Å². The van der Waals surface area contributed by atoms with Gasteiger partial charge in [0.05, 0.1) is 12.2 Å². The first kappa shape index (κ1) is 33.3. The second-order valence-corrected chi connectivity index (χ2v) is 15.6. The summed E-state index contributed by atoms with van der Waals surface area (Å²) in [5.41, 5.74) is -1.35. The van der Waals surface area contributed by atoms with E-state index >= 15 is 0 Å². The van der Waals surface area contributed by atoms with Gasteiger partial charge in [-0.25, -0.2) is 9.59 Å². The monoisotopic (exact) mass is 592 g/mol. The molecule has 2 aliphatic heterocycles. The Labute approximate surface area is 253 Å². The average molecular weight is 593 g/mol. The summed E-state index contributed by atoms with van der Waals surface area (Å²) in [6.45, 7) is 16.9. The molecule has 0 spiro atoms. The van der Waals surface area contributed by atoms with Crippen LogP contribution in [-0.2, 0) is 19.1 Å². The Bertz CT molecular complexity index is 856. The molecule has 0 aromatic heterocycles. The lowest BCUT2D eigenvalue weighted by molar-refractivity contribution is -0.317. The smallest absolute Gasteiger partial charge is 0.443 e.